The van der Waals surface area contributed by atoms with Crippen LogP contribution in [0.1, 0.15) is 40.5 Å². The van der Waals surface area contributed by atoms with E-state index in [1.807, 2.05) is 18.7 Å². The zero-order chi connectivity index (χ0) is 15.7. The smallest absolute Gasteiger partial charge is 0.327 e. The largest absolute Gasteiger partial charge is 0.480 e. The second-order valence-electron chi connectivity index (χ2n) is 6.79. The molecular formula is C15H26N2O3S. The number of aliphatic carboxylic acids is 1. The van der Waals surface area contributed by atoms with Crippen LogP contribution in [0.15, 0.2) is 0 Å². The molecule has 0 aromatic carbocycles. The molecule has 2 aliphatic rings. The Labute approximate surface area is 131 Å². The van der Waals surface area contributed by atoms with Crippen molar-refractivity contribution in [3.8, 4) is 0 Å². The maximum atomic E-state index is 13.0. The van der Waals surface area contributed by atoms with E-state index in [2.05, 4.69) is 13.8 Å². The van der Waals surface area contributed by atoms with E-state index in [-0.39, 0.29) is 17.3 Å². The van der Waals surface area contributed by atoms with Gasteiger partial charge in [-0.1, -0.05) is 27.7 Å². The quantitative estimate of drug-likeness (QED) is 0.847. The molecule has 1 saturated heterocycles. The van der Waals surface area contributed by atoms with Crippen LogP contribution in [0, 0.1) is 11.8 Å². The minimum atomic E-state index is -0.890. The maximum absolute atomic E-state index is 13.0. The van der Waals surface area contributed by atoms with Gasteiger partial charge < -0.3 is 10.0 Å². The Morgan fingerprint density at radius 1 is 1.29 bits per heavy atom. The number of amides is 2. The van der Waals surface area contributed by atoms with Crippen molar-refractivity contribution in [3.63, 3.8) is 0 Å². The number of hydrogen-bond donors (Lipinski definition) is 1. The number of rotatable bonds is 5. The highest BCUT2D eigenvalue weighted by Gasteiger charge is 2.46. The number of carbonyl (C=O) groups excluding carboxylic acids is 1. The SMILES string of the molecule is CC(C)CN(C(=O)N1C(C(=O)O)CSC1C(C)C)C1CC1. The predicted molar refractivity (Wildman–Crippen MR) is 84.3 cm³/mol. The Morgan fingerprint density at radius 3 is 2.33 bits per heavy atom. The molecule has 1 heterocycles. The molecule has 2 fully saturated rings. The lowest BCUT2D eigenvalue weighted by Gasteiger charge is -2.35. The summed E-state index contributed by atoms with van der Waals surface area (Å²) >= 11 is 1.59. The summed E-state index contributed by atoms with van der Waals surface area (Å²) in [6, 6.07) is -0.460. The van der Waals surface area contributed by atoms with Gasteiger partial charge in [0.1, 0.15) is 6.04 Å². The van der Waals surface area contributed by atoms with Gasteiger partial charge in [0.15, 0.2) is 0 Å². The first kappa shape index (κ1) is 16.5. The van der Waals surface area contributed by atoms with E-state index < -0.39 is 12.0 Å². The average Bonchev–Trinajstić information content (AvgIpc) is 3.11. The van der Waals surface area contributed by atoms with Crippen molar-refractivity contribution in [1.29, 1.82) is 0 Å². The number of nitrogens with zero attached hydrogens (tertiary/aromatic N) is 2. The molecule has 2 amide bonds. The summed E-state index contributed by atoms with van der Waals surface area (Å²) in [5.41, 5.74) is 0. The Balaban J connectivity index is 2.20. The summed E-state index contributed by atoms with van der Waals surface area (Å²) in [7, 11) is 0. The van der Waals surface area contributed by atoms with Gasteiger partial charge >= 0.3 is 12.0 Å². The van der Waals surface area contributed by atoms with Gasteiger partial charge in [0.05, 0.1) is 5.37 Å². The fraction of sp³-hybridized carbons (Fsp3) is 0.867. The number of urea groups is 1. The van der Waals surface area contributed by atoms with Crippen molar-refractivity contribution >= 4 is 23.8 Å². The van der Waals surface area contributed by atoms with Crippen molar-refractivity contribution in [2.24, 2.45) is 11.8 Å². The van der Waals surface area contributed by atoms with E-state index >= 15 is 0 Å². The molecule has 5 nitrogen and oxygen atoms in total. The second-order valence-corrected chi connectivity index (χ2v) is 7.94. The molecule has 2 rings (SSSR count). The molecule has 120 valence electrons. The molecule has 1 N–H and O–H groups in total. The topological polar surface area (TPSA) is 60.9 Å². The standard InChI is InChI=1S/C15H26N2O3S/c1-9(2)7-16(11-5-6-11)15(20)17-12(14(18)19)8-21-13(17)10(3)4/h9-13H,5-8H2,1-4H3,(H,18,19). The van der Waals surface area contributed by atoms with Gasteiger partial charge in [0.25, 0.3) is 0 Å². The number of hydrogen-bond acceptors (Lipinski definition) is 3. The summed E-state index contributed by atoms with van der Waals surface area (Å²) in [6.45, 7) is 8.99. The normalized spacial score (nSPS) is 25.7. The molecule has 0 aromatic heterocycles. The van der Waals surface area contributed by atoms with Crippen LogP contribution >= 0.6 is 11.8 Å². The van der Waals surface area contributed by atoms with Gasteiger partial charge in [0, 0.05) is 18.3 Å². The van der Waals surface area contributed by atoms with Crippen LogP contribution in [0.2, 0.25) is 0 Å². The number of carboxylic acid groups (broad SMARTS) is 1. The first-order valence-electron chi connectivity index (χ1n) is 7.76. The molecule has 1 aliphatic heterocycles. The number of carbonyl (C=O) groups is 2. The van der Waals surface area contributed by atoms with E-state index in [0.29, 0.717) is 24.3 Å². The van der Waals surface area contributed by atoms with E-state index in [1.54, 1.807) is 16.7 Å². The highest BCUT2D eigenvalue weighted by atomic mass is 32.2. The van der Waals surface area contributed by atoms with Gasteiger partial charge in [-0.15, -0.1) is 11.8 Å². The molecule has 2 atom stereocenters. The molecule has 0 radical (unpaired) electrons. The lowest BCUT2D eigenvalue weighted by atomic mass is 10.1. The Hall–Kier alpha value is -0.910. The maximum Gasteiger partial charge on any atom is 0.327 e. The van der Waals surface area contributed by atoms with Gasteiger partial charge in [-0.2, -0.15) is 0 Å². The third-order valence-electron chi connectivity index (χ3n) is 3.91. The van der Waals surface area contributed by atoms with Crippen LogP contribution in [-0.2, 0) is 4.79 Å². The number of thioether (sulfide) groups is 1. The van der Waals surface area contributed by atoms with E-state index in [0.717, 1.165) is 12.8 Å². The Morgan fingerprint density at radius 2 is 1.90 bits per heavy atom. The summed E-state index contributed by atoms with van der Waals surface area (Å²) in [4.78, 5) is 28.0. The fourth-order valence-electron chi connectivity index (χ4n) is 2.79. The van der Waals surface area contributed by atoms with Gasteiger partial charge in [-0.05, 0) is 24.7 Å². The summed E-state index contributed by atoms with van der Waals surface area (Å²) in [5.74, 6) is 0.248. The lowest BCUT2D eigenvalue weighted by molar-refractivity contribution is -0.141. The van der Waals surface area contributed by atoms with Crippen molar-refractivity contribution in [3.05, 3.63) is 0 Å². The molecule has 6 heteroatoms. The molecule has 1 saturated carbocycles. The third-order valence-corrected chi connectivity index (χ3v) is 5.53. The van der Waals surface area contributed by atoms with Crippen LogP contribution < -0.4 is 0 Å². The molecule has 0 aromatic rings. The van der Waals surface area contributed by atoms with Crippen LogP contribution in [0.5, 0.6) is 0 Å². The molecule has 0 spiro atoms. The molecule has 1 aliphatic carbocycles. The Kier molecular flexibility index (Phi) is 5.07. The van der Waals surface area contributed by atoms with Crippen molar-refractivity contribution in [1.82, 2.24) is 9.80 Å². The summed E-state index contributed by atoms with van der Waals surface area (Å²) < 4.78 is 0. The zero-order valence-corrected chi connectivity index (χ0v) is 14.1. The van der Waals surface area contributed by atoms with Gasteiger partial charge in [0.2, 0.25) is 0 Å². The van der Waals surface area contributed by atoms with Crippen LogP contribution in [-0.4, -0.2) is 56.7 Å². The van der Waals surface area contributed by atoms with Crippen LogP contribution in [0.4, 0.5) is 4.79 Å². The third kappa shape index (κ3) is 3.65. The van der Waals surface area contributed by atoms with Crippen LogP contribution in [0.25, 0.3) is 0 Å². The van der Waals surface area contributed by atoms with Crippen molar-refractivity contribution in [2.75, 3.05) is 12.3 Å². The van der Waals surface area contributed by atoms with Crippen molar-refractivity contribution in [2.45, 2.75) is 58.0 Å². The average molecular weight is 314 g/mol. The van der Waals surface area contributed by atoms with Crippen molar-refractivity contribution < 1.29 is 14.7 Å². The highest BCUT2D eigenvalue weighted by molar-refractivity contribution is 8.00. The fourth-order valence-corrected chi connectivity index (χ4v) is 4.25. The second kappa shape index (κ2) is 6.46. The minimum Gasteiger partial charge on any atom is -0.480 e. The molecule has 0 bridgehead atoms. The van der Waals surface area contributed by atoms with E-state index in [1.165, 1.54) is 0 Å². The first-order chi connectivity index (χ1) is 9.82. The first-order valence-corrected chi connectivity index (χ1v) is 8.81. The summed E-state index contributed by atoms with van der Waals surface area (Å²) in [6.07, 6.45) is 2.09. The predicted octanol–water partition coefficient (Wildman–Crippen LogP) is 2.71. The van der Waals surface area contributed by atoms with Crippen LogP contribution in [0.3, 0.4) is 0 Å². The lowest BCUT2D eigenvalue weighted by Crippen LogP contribution is -2.54. The molecule has 21 heavy (non-hydrogen) atoms. The van der Waals surface area contributed by atoms with E-state index in [9.17, 15) is 14.7 Å². The number of carboxylic acids is 1. The molecule has 2 unspecified atom stereocenters. The Bertz CT molecular complexity index is 410. The van der Waals surface area contributed by atoms with Gasteiger partial charge in [-0.3, -0.25) is 4.90 Å². The zero-order valence-electron chi connectivity index (χ0n) is 13.3. The minimum absolute atomic E-state index is 0.0352. The highest BCUT2D eigenvalue weighted by Crippen LogP contribution is 2.37. The summed E-state index contributed by atoms with van der Waals surface area (Å²) in [5, 5.41) is 9.39. The molecular weight excluding hydrogens is 288 g/mol. The monoisotopic (exact) mass is 314 g/mol. The van der Waals surface area contributed by atoms with E-state index in [4.69, 9.17) is 0 Å². The van der Waals surface area contributed by atoms with Gasteiger partial charge in [-0.25, -0.2) is 9.59 Å².